The number of anilines is 1. The van der Waals surface area contributed by atoms with E-state index in [1.54, 1.807) is 7.05 Å². The maximum Gasteiger partial charge on any atom is 0.321 e. The number of rotatable bonds is 2. The molecule has 0 radical (unpaired) electrons. The van der Waals surface area contributed by atoms with Gasteiger partial charge in [0.25, 0.3) is 0 Å². The summed E-state index contributed by atoms with van der Waals surface area (Å²) >= 11 is 0. The number of benzene rings is 1. The van der Waals surface area contributed by atoms with Gasteiger partial charge in [0.2, 0.25) is 5.91 Å². The van der Waals surface area contributed by atoms with E-state index < -0.39 is 0 Å². The number of nitrogens with zero attached hydrogens (tertiary/aromatic N) is 1. The van der Waals surface area contributed by atoms with Crippen molar-refractivity contribution in [3.8, 4) is 0 Å². The molecule has 1 fully saturated rings. The number of piperidine rings is 1. The molecule has 23 heavy (non-hydrogen) atoms. The molecule has 3 amide bonds. The minimum absolute atomic E-state index is 0.0357. The van der Waals surface area contributed by atoms with Crippen molar-refractivity contribution in [3.63, 3.8) is 0 Å². The van der Waals surface area contributed by atoms with E-state index in [9.17, 15) is 9.59 Å². The van der Waals surface area contributed by atoms with Crippen molar-refractivity contribution in [2.45, 2.75) is 38.5 Å². The van der Waals surface area contributed by atoms with Crippen LogP contribution in [0.25, 0.3) is 0 Å². The summed E-state index contributed by atoms with van der Waals surface area (Å²) in [6.07, 6.45) is 6.05. The molecular formula is C18H25N3O2. The monoisotopic (exact) mass is 315 g/mol. The molecule has 1 saturated heterocycles. The molecule has 124 valence electrons. The number of amides is 3. The van der Waals surface area contributed by atoms with Crippen LogP contribution in [0.1, 0.15) is 36.8 Å². The second-order valence-electron chi connectivity index (χ2n) is 6.46. The van der Waals surface area contributed by atoms with E-state index in [2.05, 4.69) is 16.7 Å². The topological polar surface area (TPSA) is 61.4 Å². The van der Waals surface area contributed by atoms with E-state index in [1.807, 2.05) is 17.0 Å². The van der Waals surface area contributed by atoms with Gasteiger partial charge in [0.15, 0.2) is 0 Å². The molecule has 2 aliphatic rings. The van der Waals surface area contributed by atoms with Crippen molar-refractivity contribution in [1.82, 2.24) is 10.2 Å². The van der Waals surface area contributed by atoms with Crippen molar-refractivity contribution in [3.05, 3.63) is 29.3 Å². The maximum absolute atomic E-state index is 12.5. The van der Waals surface area contributed by atoms with Crippen LogP contribution in [0.4, 0.5) is 10.5 Å². The van der Waals surface area contributed by atoms with Crippen molar-refractivity contribution in [2.75, 3.05) is 25.5 Å². The van der Waals surface area contributed by atoms with Crippen molar-refractivity contribution in [2.24, 2.45) is 5.92 Å². The van der Waals surface area contributed by atoms with Gasteiger partial charge in [-0.3, -0.25) is 4.79 Å². The van der Waals surface area contributed by atoms with Gasteiger partial charge in [-0.15, -0.1) is 0 Å². The fourth-order valence-corrected chi connectivity index (χ4v) is 3.64. The lowest BCUT2D eigenvalue weighted by Crippen LogP contribution is -2.44. The molecule has 0 saturated carbocycles. The SMILES string of the molecule is CNC(=O)C1CCN(C(=O)Nc2cccc3c2CCCC3)CC1. The minimum Gasteiger partial charge on any atom is -0.359 e. The predicted octanol–water partition coefficient (Wildman–Crippen LogP) is 2.56. The number of carbonyl (C=O) groups is 2. The van der Waals surface area contributed by atoms with Gasteiger partial charge in [-0.25, -0.2) is 4.79 Å². The second kappa shape index (κ2) is 7.02. The third-order valence-corrected chi connectivity index (χ3v) is 5.04. The third-order valence-electron chi connectivity index (χ3n) is 5.04. The summed E-state index contributed by atoms with van der Waals surface area (Å²) in [6, 6.07) is 6.15. The molecule has 0 bridgehead atoms. The van der Waals surface area contributed by atoms with Crippen molar-refractivity contribution in [1.29, 1.82) is 0 Å². The first-order valence-corrected chi connectivity index (χ1v) is 8.57. The molecular weight excluding hydrogens is 290 g/mol. The fraction of sp³-hybridized carbons (Fsp3) is 0.556. The Morgan fingerprint density at radius 2 is 1.87 bits per heavy atom. The number of likely N-dealkylation sites (tertiary alicyclic amines) is 1. The molecule has 5 nitrogen and oxygen atoms in total. The molecule has 0 aromatic heterocycles. The number of fused-ring (bicyclic) bond motifs is 1. The molecule has 0 atom stereocenters. The lowest BCUT2D eigenvalue weighted by molar-refractivity contribution is -0.125. The molecule has 0 unspecified atom stereocenters. The average Bonchev–Trinajstić information content (AvgIpc) is 2.61. The van der Waals surface area contributed by atoms with E-state index in [-0.39, 0.29) is 17.9 Å². The van der Waals surface area contributed by atoms with E-state index >= 15 is 0 Å². The first-order chi connectivity index (χ1) is 11.2. The van der Waals surface area contributed by atoms with Crippen LogP contribution in [0.3, 0.4) is 0 Å². The number of hydrogen-bond acceptors (Lipinski definition) is 2. The normalized spacial score (nSPS) is 18.2. The zero-order valence-electron chi connectivity index (χ0n) is 13.7. The molecule has 1 aromatic rings. The van der Waals surface area contributed by atoms with Gasteiger partial charge in [-0.05, 0) is 55.7 Å². The van der Waals surface area contributed by atoms with E-state index in [0.717, 1.165) is 31.4 Å². The van der Waals surface area contributed by atoms with Crippen LogP contribution in [-0.4, -0.2) is 37.0 Å². The van der Waals surface area contributed by atoms with Crippen LogP contribution < -0.4 is 10.6 Å². The number of hydrogen-bond donors (Lipinski definition) is 2. The highest BCUT2D eigenvalue weighted by Gasteiger charge is 2.27. The van der Waals surface area contributed by atoms with Crippen LogP contribution in [0.5, 0.6) is 0 Å². The quantitative estimate of drug-likeness (QED) is 0.881. The summed E-state index contributed by atoms with van der Waals surface area (Å²) in [5, 5.41) is 5.78. The molecule has 1 aliphatic carbocycles. The molecule has 0 spiro atoms. The first kappa shape index (κ1) is 15.8. The first-order valence-electron chi connectivity index (χ1n) is 8.57. The van der Waals surface area contributed by atoms with Gasteiger partial charge in [0.05, 0.1) is 0 Å². The van der Waals surface area contributed by atoms with E-state index in [1.165, 1.54) is 24.0 Å². The minimum atomic E-state index is -0.0423. The van der Waals surface area contributed by atoms with Crippen molar-refractivity contribution < 1.29 is 9.59 Å². The van der Waals surface area contributed by atoms with Gasteiger partial charge < -0.3 is 15.5 Å². The second-order valence-corrected chi connectivity index (χ2v) is 6.46. The Morgan fingerprint density at radius 3 is 2.61 bits per heavy atom. The molecule has 1 aliphatic heterocycles. The fourth-order valence-electron chi connectivity index (χ4n) is 3.64. The Labute approximate surface area is 137 Å². The number of urea groups is 1. The number of carbonyl (C=O) groups excluding carboxylic acids is 2. The van der Waals surface area contributed by atoms with Crippen LogP contribution in [0, 0.1) is 5.92 Å². The molecule has 1 aromatic carbocycles. The van der Waals surface area contributed by atoms with Crippen LogP contribution in [-0.2, 0) is 17.6 Å². The molecule has 5 heteroatoms. The maximum atomic E-state index is 12.5. The Morgan fingerprint density at radius 1 is 1.13 bits per heavy atom. The van der Waals surface area contributed by atoms with Crippen LogP contribution >= 0.6 is 0 Å². The van der Waals surface area contributed by atoms with Gasteiger partial charge in [-0.1, -0.05) is 12.1 Å². The molecule has 2 N–H and O–H groups in total. The molecule has 1 heterocycles. The van der Waals surface area contributed by atoms with Gasteiger partial charge in [0, 0.05) is 31.7 Å². The summed E-state index contributed by atoms with van der Waals surface area (Å²) in [4.78, 5) is 26.0. The van der Waals surface area contributed by atoms with Crippen LogP contribution in [0.15, 0.2) is 18.2 Å². The van der Waals surface area contributed by atoms with Gasteiger partial charge in [0.1, 0.15) is 0 Å². The Hall–Kier alpha value is -2.04. The average molecular weight is 315 g/mol. The lowest BCUT2D eigenvalue weighted by Gasteiger charge is -2.31. The van der Waals surface area contributed by atoms with E-state index in [0.29, 0.717) is 13.1 Å². The summed E-state index contributed by atoms with van der Waals surface area (Å²) in [5.41, 5.74) is 3.63. The number of nitrogens with one attached hydrogen (secondary N) is 2. The summed E-state index contributed by atoms with van der Waals surface area (Å²) in [6.45, 7) is 1.28. The largest absolute Gasteiger partial charge is 0.359 e. The van der Waals surface area contributed by atoms with Gasteiger partial charge >= 0.3 is 6.03 Å². The summed E-state index contributed by atoms with van der Waals surface area (Å²) in [5.74, 6) is 0.121. The Kier molecular flexibility index (Phi) is 4.84. The summed E-state index contributed by atoms with van der Waals surface area (Å²) in [7, 11) is 1.67. The zero-order valence-corrected chi connectivity index (χ0v) is 13.7. The number of aryl methyl sites for hydroxylation is 1. The summed E-state index contributed by atoms with van der Waals surface area (Å²) < 4.78 is 0. The zero-order chi connectivity index (χ0) is 16.2. The smallest absolute Gasteiger partial charge is 0.321 e. The molecule has 3 rings (SSSR count). The van der Waals surface area contributed by atoms with E-state index in [4.69, 9.17) is 0 Å². The predicted molar refractivity (Wildman–Crippen MR) is 90.5 cm³/mol. The van der Waals surface area contributed by atoms with Gasteiger partial charge in [-0.2, -0.15) is 0 Å². The van der Waals surface area contributed by atoms with Crippen molar-refractivity contribution >= 4 is 17.6 Å². The van der Waals surface area contributed by atoms with Crippen LogP contribution in [0.2, 0.25) is 0 Å². The highest BCUT2D eigenvalue weighted by Crippen LogP contribution is 2.28. The highest BCUT2D eigenvalue weighted by atomic mass is 16.2. The Balaban J connectivity index is 1.61. The standard InChI is InChI=1S/C18H25N3O2/c1-19-17(22)14-9-11-21(12-10-14)18(23)20-16-8-4-6-13-5-2-3-7-15(13)16/h4,6,8,14H,2-3,5,7,9-12H2,1H3,(H,19,22)(H,20,23). The lowest BCUT2D eigenvalue weighted by atomic mass is 9.90. The third kappa shape index (κ3) is 3.49. The highest BCUT2D eigenvalue weighted by molar-refractivity contribution is 5.90. The Bertz CT molecular complexity index is 592.